The molecular weight excluding hydrogens is 568 g/mol. The molecular formula is C32H50N4O6S. The Morgan fingerprint density at radius 3 is 2.58 bits per heavy atom. The number of aliphatic hydroxyl groups is 3. The van der Waals surface area contributed by atoms with Crippen molar-refractivity contribution >= 4 is 29.5 Å². The van der Waals surface area contributed by atoms with Crippen molar-refractivity contribution in [1.29, 1.82) is 0 Å². The molecule has 3 amide bonds. The first-order valence-electron chi connectivity index (χ1n) is 16.4. The number of fused-ring (bicyclic) bond motifs is 6. The summed E-state index contributed by atoms with van der Waals surface area (Å²) >= 11 is 1.56. The number of aliphatic hydroxyl groups excluding tert-OH is 3. The molecule has 0 spiro atoms. The fraction of sp³-hybridized carbons (Fsp3) is 0.844. The van der Waals surface area contributed by atoms with Crippen molar-refractivity contribution in [2.45, 2.75) is 108 Å². The van der Waals surface area contributed by atoms with Crippen LogP contribution in [-0.2, 0) is 14.4 Å². The number of hydrogen-bond acceptors (Lipinski definition) is 8. The highest BCUT2D eigenvalue weighted by Crippen LogP contribution is 2.64. The van der Waals surface area contributed by atoms with Crippen LogP contribution >= 0.6 is 11.8 Å². The summed E-state index contributed by atoms with van der Waals surface area (Å²) in [7, 11) is 0. The second-order valence-electron chi connectivity index (χ2n) is 14.7. The van der Waals surface area contributed by atoms with Crippen LogP contribution in [0.25, 0.3) is 0 Å². The molecule has 4 aliphatic carbocycles. The summed E-state index contributed by atoms with van der Waals surface area (Å²) in [6.45, 7) is 6.37. The van der Waals surface area contributed by atoms with E-state index in [4.69, 9.17) is 5.73 Å². The normalized spacial score (nSPS) is 44.4. The van der Waals surface area contributed by atoms with Gasteiger partial charge in [0.15, 0.2) is 0 Å². The molecule has 240 valence electrons. The Hall–Kier alpha value is -1.66. The van der Waals surface area contributed by atoms with Gasteiger partial charge in [-0.1, -0.05) is 13.8 Å². The average molecular weight is 619 g/mol. The van der Waals surface area contributed by atoms with E-state index >= 15 is 0 Å². The van der Waals surface area contributed by atoms with Crippen LogP contribution < -0.4 is 16.4 Å². The van der Waals surface area contributed by atoms with E-state index in [1.165, 1.54) is 4.90 Å². The zero-order valence-electron chi connectivity index (χ0n) is 25.7. The summed E-state index contributed by atoms with van der Waals surface area (Å²) < 4.78 is 0. The van der Waals surface area contributed by atoms with Crippen LogP contribution in [0.2, 0.25) is 0 Å². The second-order valence-corrected chi connectivity index (χ2v) is 15.8. The van der Waals surface area contributed by atoms with Crippen molar-refractivity contribution in [2.75, 3.05) is 12.4 Å². The lowest BCUT2D eigenvalue weighted by Crippen LogP contribution is -2.71. The van der Waals surface area contributed by atoms with Gasteiger partial charge in [-0.05, 0) is 111 Å². The fourth-order valence-corrected chi connectivity index (χ4v) is 11.7. The van der Waals surface area contributed by atoms with Crippen molar-refractivity contribution in [2.24, 2.45) is 52.6 Å². The Balaban J connectivity index is 1.04. The van der Waals surface area contributed by atoms with Crippen LogP contribution in [-0.4, -0.2) is 80.1 Å². The second kappa shape index (κ2) is 11.9. The van der Waals surface area contributed by atoms with Crippen molar-refractivity contribution in [3.8, 4) is 0 Å². The number of rotatable bonds is 7. The lowest BCUT2D eigenvalue weighted by atomic mass is 9.45. The molecule has 0 aromatic rings. The topological polar surface area (TPSA) is 165 Å². The molecule has 0 aromatic carbocycles. The number of hydrogen-bond donors (Lipinski definition) is 6. The van der Waals surface area contributed by atoms with Gasteiger partial charge in [0.05, 0.1) is 25.0 Å². The maximum Gasteiger partial charge on any atom is 0.269 e. The van der Waals surface area contributed by atoms with E-state index < -0.39 is 18.2 Å². The summed E-state index contributed by atoms with van der Waals surface area (Å²) in [5.41, 5.74) is 6.61. The third-order valence-electron chi connectivity index (χ3n) is 12.6. The van der Waals surface area contributed by atoms with E-state index in [0.717, 1.165) is 50.5 Å². The van der Waals surface area contributed by atoms with Crippen LogP contribution in [0.15, 0.2) is 11.3 Å². The molecule has 13 atom stereocenters. The molecule has 11 heteroatoms. The summed E-state index contributed by atoms with van der Waals surface area (Å²) in [6, 6.07) is -0.627. The summed E-state index contributed by atoms with van der Waals surface area (Å²) in [5.74, 6) is 1.99. The minimum atomic E-state index is -0.780. The van der Waals surface area contributed by atoms with Gasteiger partial charge in [-0.15, -0.1) is 11.8 Å². The summed E-state index contributed by atoms with van der Waals surface area (Å²) in [4.78, 5) is 40.0. The molecule has 2 aliphatic heterocycles. The number of nitrogens with one attached hydrogen (secondary N) is 2. The SMILES string of the molecule is CC1=C(C(=O)NCN)N2C(=O)C(NC(=O)CCC(C)C3CCC4C3CCC3C4C(O)C(O)C4CC(O)CCC43C)C2SC1. The monoisotopic (exact) mass is 618 g/mol. The van der Waals surface area contributed by atoms with Gasteiger partial charge in [0.1, 0.15) is 17.1 Å². The number of amides is 3. The minimum absolute atomic E-state index is 0.00890. The van der Waals surface area contributed by atoms with Crippen molar-refractivity contribution < 1.29 is 29.7 Å². The smallest absolute Gasteiger partial charge is 0.269 e. The third-order valence-corrected chi connectivity index (χ3v) is 14.0. The molecule has 13 unspecified atom stereocenters. The van der Waals surface area contributed by atoms with Gasteiger partial charge in [0, 0.05) is 12.2 Å². The zero-order chi connectivity index (χ0) is 30.8. The largest absolute Gasteiger partial charge is 0.393 e. The molecule has 6 rings (SSSR count). The molecule has 0 bridgehead atoms. The third kappa shape index (κ3) is 5.15. The Morgan fingerprint density at radius 2 is 1.84 bits per heavy atom. The highest BCUT2D eigenvalue weighted by molar-refractivity contribution is 8.00. The van der Waals surface area contributed by atoms with Crippen molar-refractivity contribution in [1.82, 2.24) is 15.5 Å². The highest BCUT2D eigenvalue weighted by Gasteiger charge is 2.62. The Bertz CT molecular complexity index is 1170. The lowest BCUT2D eigenvalue weighted by molar-refractivity contribution is -0.213. The number of nitrogens with two attached hydrogens (primary N) is 1. The quantitative estimate of drug-likeness (QED) is 0.185. The number of thioether (sulfide) groups is 1. The molecule has 7 N–H and O–H groups in total. The summed E-state index contributed by atoms with van der Waals surface area (Å²) in [6.07, 6.45) is 5.77. The number of carbonyl (C=O) groups is 3. The maximum absolute atomic E-state index is 13.0. The predicted octanol–water partition coefficient (Wildman–Crippen LogP) is 1.68. The molecule has 0 radical (unpaired) electrons. The molecule has 2 heterocycles. The average Bonchev–Trinajstić information content (AvgIpc) is 3.42. The van der Waals surface area contributed by atoms with Gasteiger partial charge >= 0.3 is 0 Å². The van der Waals surface area contributed by atoms with Crippen LogP contribution in [0.5, 0.6) is 0 Å². The molecule has 4 saturated carbocycles. The Labute approximate surface area is 259 Å². The van der Waals surface area contributed by atoms with E-state index in [1.54, 1.807) is 11.8 Å². The molecule has 1 saturated heterocycles. The molecule has 0 aromatic heterocycles. The van der Waals surface area contributed by atoms with E-state index in [0.29, 0.717) is 53.9 Å². The van der Waals surface area contributed by atoms with E-state index in [2.05, 4.69) is 24.5 Å². The summed E-state index contributed by atoms with van der Waals surface area (Å²) in [5, 5.41) is 38.2. The van der Waals surface area contributed by atoms with Gasteiger partial charge in [-0.2, -0.15) is 0 Å². The fourth-order valence-electron chi connectivity index (χ4n) is 10.5. The first kappa shape index (κ1) is 31.3. The lowest BCUT2D eigenvalue weighted by Gasteiger charge is -2.61. The van der Waals surface area contributed by atoms with E-state index in [-0.39, 0.29) is 53.1 Å². The minimum Gasteiger partial charge on any atom is -0.393 e. The first-order chi connectivity index (χ1) is 20.5. The molecule has 6 aliphatic rings. The number of nitrogens with zero attached hydrogens (tertiary/aromatic N) is 1. The van der Waals surface area contributed by atoms with Crippen molar-refractivity contribution in [3.05, 3.63) is 11.3 Å². The van der Waals surface area contributed by atoms with Gasteiger partial charge in [0.25, 0.3) is 11.8 Å². The van der Waals surface area contributed by atoms with E-state index in [1.807, 2.05) is 6.92 Å². The number of β-lactam (4-membered cyclic amide) rings is 1. The standard InChI is InChI=1S/C32H50N4O6S/c1-15(4-9-23(38)35-25-30(42)36-26(29(41)34-14-33)16(2)13-43-31(25)36)18-5-6-20-19(18)7-8-21-24(20)28(40)27(39)22-12-17(37)10-11-32(21,22)3/h15,17-22,24-25,27-28,31,37,39-40H,4-14,33H2,1-3H3,(H,34,41)(H,35,38). The maximum atomic E-state index is 13.0. The van der Waals surface area contributed by atoms with E-state index in [9.17, 15) is 29.7 Å². The first-order valence-corrected chi connectivity index (χ1v) is 17.5. The highest BCUT2D eigenvalue weighted by atomic mass is 32.2. The van der Waals surface area contributed by atoms with Crippen LogP contribution in [0.3, 0.4) is 0 Å². The Morgan fingerprint density at radius 1 is 1.09 bits per heavy atom. The molecule has 5 fully saturated rings. The predicted molar refractivity (Wildman–Crippen MR) is 163 cm³/mol. The Kier molecular flexibility index (Phi) is 8.69. The van der Waals surface area contributed by atoms with Gasteiger partial charge < -0.3 is 31.7 Å². The molecule has 43 heavy (non-hydrogen) atoms. The van der Waals surface area contributed by atoms with Crippen LogP contribution in [0.1, 0.15) is 78.6 Å². The molecule has 10 nitrogen and oxygen atoms in total. The zero-order valence-corrected chi connectivity index (χ0v) is 26.5. The van der Waals surface area contributed by atoms with Gasteiger partial charge in [-0.25, -0.2) is 0 Å². The number of carbonyl (C=O) groups excluding carboxylic acids is 3. The van der Waals surface area contributed by atoms with Gasteiger partial charge in [-0.3, -0.25) is 19.3 Å². The van der Waals surface area contributed by atoms with Crippen LogP contribution in [0, 0.1) is 46.8 Å². The van der Waals surface area contributed by atoms with Crippen molar-refractivity contribution in [3.63, 3.8) is 0 Å². The van der Waals surface area contributed by atoms with Crippen LogP contribution in [0.4, 0.5) is 0 Å². The van der Waals surface area contributed by atoms with Gasteiger partial charge in [0.2, 0.25) is 5.91 Å².